The molecular formula is C15H12F5N. The van der Waals surface area contributed by atoms with Crippen LogP contribution in [0.4, 0.5) is 22.0 Å². The Kier molecular flexibility index (Phi) is 4.27. The van der Waals surface area contributed by atoms with Crippen LogP contribution in [0.3, 0.4) is 0 Å². The third-order valence-electron chi connectivity index (χ3n) is 3.13. The number of rotatable bonds is 3. The molecule has 1 atom stereocenters. The number of nitrogens with one attached hydrogen (secondary N) is 1. The highest BCUT2D eigenvalue weighted by atomic mass is 19.4. The number of alkyl halides is 3. The smallest absolute Gasteiger partial charge is 0.309 e. The van der Waals surface area contributed by atoms with E-state index in [2.05, 4.69) is 5.32 Å². The molecular weight excluding hydrogens is 289 g/mol. The van der Waals surface area contributed by atoms with Crippen LogP contribution in [0, 0.1) is 11.6 Å². The van der Waals surface area contributed by atoms with E-state index in [4.69, 9.17) is 0 Å². The topological polar surface area (TPSA) is 12.0 Å². The fourth-order valence-corrected chi connectivity index (χ4v) is 2.22. The lowest BCUT2D eigenvalue weighted by atomic mass is 9.93. The monoisotopic (exact) mass is 301 g/mol. The maximum absolute atomic E-state index is 13.8. The lowest BCUT2D eigenvalue weighted by molar-refractivity contribution is -0.138. The Morgan fingerprint density at radius 2 is 1.62 bits per heavy atom. The quantitative estimate of drug-likeness (QED) is 0.834. The van der Waals surface area contributed by atoms with Gasteiger partial charge in [-0.1, -0.05) is 18.2 Å². The van der Waals surface area contributed by atoms with Gasteiger partial charge in [0.15, 0.2) is 0 Å². The van der Waals surface area contributed by atoms with Crippen LogP contribution in [0.25, 0.3) is 0 Å². The molecule has 1 unspecified atom stereocenters. The molecule has 0 spiro atoms. The van der Waals surface area contributed by atoms with E-state index in [9.17, 15) is 22.0 Å². The Hall–Kier alpha value is -1.95. The SMILES string of the molecule is CNC(c1ccccc1F)c1cc(F)ccc1C(F)(F)F. The second kappa shape index (κ2) is 5.81. The Bertz CT molecular complexity index is 636. The van der Waals surface area contributed by atoms with Crippen LogP contribution < -0.4 is 5.32 Å². The van der Waals surface area contributed by atoms with Crippen LogP contribution in [-0.4, -0.2) is 7.05 Å². The van der Waals surface area contributed by atoms with Crippen LogP contribution in [-0.2, 0) is 6.18 Å². The van der Waals surface area contributed by atoms with Crippen molar-refractivity contribution in [3.8, 4) is 0 Å². The first kappa shape index (κ1) is 15.4. The maximum atomic E-state index is 13.8. The predicted molar refractivity (Wildman–Crippen MR) is 68.7 cm³/mol. The zero-order chi connectivity index (χ0) is 15.6. The number of hydrogen-bond donors (Lipinski definition) is 1. The van der Waals surface area contributed by atoms with Crippen LogP contribution in [0.2, 0.25) is 0 Å². The summed E-state index contributed by atoms with van der Waals surface area (Å²) in [5, 5.41) is 2.61. The molecule has 0 amide bonds. The molecule has 0 aliphatic carbocycles. The van der Waals surface area contributed by atoms with Crippen molar-refractivity contribution in [3.63, 3.8) is 0 Å². The molecule has 112 valence electrons. The molecule has 0 aliphatic heterocycles. The van der Waals surface area contributed by atoms with Gasteiger partial charge in [-0.3, -0.25) is 0 Å². The first-order chi connectivity index (χ1) is 9.84. The lowest BCUT2D eigenvalue weighted by Crippen LogP contribution is -2.23. The molecule has 2 aromatic rings. The minimum Gasteiger partial charge on any atom is -0.309 e. The summed E-state index contributed by atoms with van der Waals surface area (Å²) in [6.45, 7) is 0. The highest BCUT2D eigenvalue weighted by molar-refractivity contribution is 5.39. The van der Waals surface area contributed by atoms with Crippen LogP contribution in [0.5, 0.6) is 0 Å². The van der Waals surface area contributed by atoms with Crippen molar-refractivity contribution < 1.29 is 22.0 Å². The van der Waals surface area contributed by atoms with E-state index in [0.29, 0.717) is 6.07 Å². The average Bonchev–Trinajstić information content (AvgIpc) is 2.40. The molecule has 0 heterocycles. The van der Waals surface area contributed by atoms with Gasteiger partial charge in [-0.05, 0) is 36.9 Å². The lowest BCUT2D eigenvalue weighted by Gasteiger charge is -2.22. The van der Waals surface area contributed by atoms with Crippen molar-refractivity contribution in [1.29, 1.82) is 0 Å². The van der Waals surface area contributed by atoms with Crippen LogP contribution >= 0.6 is 0 Å². The van der Waals surface area contributed by atoms with Crippen molar-refractivity contribution in [3.05, 3.63) is 70.8 Å². The van der Waals surface area contributed by atoms with E-state index in [0.717, 1.165) is 18.2 Å². The molecule has 0 bridgehead atoms. The molecule has 0 fully saturated rings. The first-order valence-electron chi connectivity index (χ1n) is 6.13. The predicted octanol–water partition coefficient (Wildman–Crippen LogP) is 4.29. The van der Waals surface area contributed by atoms with Gasteiger partial charge in [0, 0.05) is 5.56 Å². The van der Waals surface area contributed by atoms with Crippen LogP contribution in [0.1, 0.15) is 22.7 Å². The van der Waals surface area contributed by atoms with Crippen molar-refractivity contribution in [2.45, 2.75) is 12.2 Å². The Balaban J connectivity index is 2.63. The van der Waals surface area contributed by atoms with Gasteiger partial charge < -0.3 is 5.32 Å². The molecule has 0 aromatic heterocycles. The van der Waals surface area contributed by atoms with Crippen LogP contribution in [0.15, 0.2) is 42.5 Å². The van der Waals surface area contributed by atoms with Gasteiger partial charge in [0.25, 0.3) is 0 Å². The van der Waals surface area contributed by atoms with E-state index in [-0.39, 0.29) is 11.1 Å². The van der Waals surface area contributed by atoms with Crippen molar-refractivity contribution in [1.82, 2.24) is 5.32 Å². The largest absolute Gasteiger partial charge is 0.416 e. The summed E-state index contributed by atoms with van der Waals surface area (Å²) in [6, 6.07) is 6.52. The van der Waals surface area contributed by atoms with E-state index >= 15 is 0 Å². The molecule has 1 N–H and O–H groups in total. The number of benzene rings is 2. The van der Waals surface area contributed by atoms with Gasteiger partial charge in [0.2, 0.25) is 0 Å². The molecule has 2 rings (SSSR count). The average molecular weight is 301 g/mol. The number of halogens is 5. The molecule has 6 heteroatoms. The summed E-state index contributed by atoms with van der Waals surface area (Å²) in [5.74, 6) is -1.47. The summed E-state index contributed by atoms with van der Waals surface area (Å²) in [6.07, 6.45) is -4.65. The highest BCUT2D eigenvalue weighted by Gasteiger charge is 2.36. The van der Waals surface area contributed by atoms with Crippen molar-refractivity contribution >= 4 is 0 Å². The van der Waals surface area contributed by atoms with Gasteiger partial charge in [-0.15, -0.1) is 0 Å². The zero-order valence-electron chi connectivity index (χ0n) is 11.0. The molecule has 0 aliphatic rings. The Morgan fingerprint density at radius 3 is 2.19 bits per heavy atom. The summed E-state index contributed by atoms with van der Waals surface area (Å²) >= 11 is 0. The molecule has 0 radical (unpaired) electrons. The molecule has 1 nitrogen and oxygen atoms in total. The fourth-order valence-electron chi connectivity index (χ4n) is 2.22. The minimum atomic E-state index is -4.65. The molecule has 21 heavy (non-hydrogen) atoms. The van der Waals surface area contributed by atoms with Gasteiger partial charge >= 0.3 is 6.18 Å². The molecule has 0 saturated carbocycles. The van der Waals surface area contributed by atoms with E-state index in [1.54, 1.807) is 0 Å². The van der Waals surface area contributed by atoms with Gasteiger partial charge in [0.1, 0.15) is 11.6 Å². The summed E-state index contributed by atoms with van der Waals surface area (Å²) < 4.78 is 66.3. The standard InChI is InChI=1S/C15H12F5N/c1-21-14(10-4-2-3-5-13(10)17)11-8-9(16)6-7-12(11)15(18,19)20/h2-8,14,21H,1H3. The van der Waals surface area contributed by atoms with Gasteiger partial charge in [-0.2, -0.15) is 13.2 Å². The van der Waals surface area contributed by atoms with Crippen molar-refractivity contribution in [2.24, 2.45) is 0 Å². The third kappa shape index (κ3) is 3.21. The van der Waals surface area contributed by atoms with E-state index in [1.807, 2.05) is 0 Å². The van der Waals surface area contributed by atoms with Gasteiger partial charge in [0.05, 0.1) is 11.6 Å². The summed E-state index contributed by atoms with van der Waals surface area (Å²) in [4.78, 5) is 0. The van der Waals surface area contributed by atoms with E-state index in [1.165, 1.54) is 25.2 Å². The van der Waals surface area contributed by atoms with Gasteiger partial charge in [-0.25, -0.2) is 8.78 Å². The molecule has 2 aromatic carbocycles. The normalized spacial score (nSPS) is 13.2. The van der Waals surface area contributed by atoms with Crippen molar-refractivity contribution in [2.75, 3.05) is 7.05 Å². The third-order valence-corrected chi connectivity index (χ3v) is 3.13. The fraction of sp³-hybridized carbons (Fsp3) is 0.200. The Morgan fingerprint density at radius 1 is 0.952 bits per heavy atom. The maximum Gasteiger partial charge on any atom is 0.416 e. The van der Waals surface area contributed by atoms with E-state index < -0.39 is 29.4 Å². The summed E-state index contributed by atoms with van der Waals surface area (Å²) in [7, 11) is 1.39. The minimum absolute atomic E-state index is 0.0242. The second-order valence-corrected chi connectivity index (χ2v) is 4.47. The summed E-state index contributed by atoms with van der Waals surface area (Å²) in [5.41, 5.74) is -1.32. The zero-order valence-corrected chi connectivity index (χ0v) is 11.0. The number of hydrogen-bond acceptors (Lipinski definition) is 1. The highest BCUT2D eigenvalue weighted by Crippen LogP contribution is 2.37. The first-order valence-corrected chi connectivity index (χ1v) is 6.13. The Labute approximate surface area is 118 Å². The molecule has 0 saturated heterocycles. The second-order valence-electron chi connectivity index (χ2n) is 4.47.